The molecule has 0 aliphatic carbocycles. The van der Waals surface area contributed by atoms with Gasteiger partial charge in [-0.2, -0.15) is 10.5 Å². The Bertz CT molecular complexity index is 643. The summed E-state index contributed by atoms with van der Waals surface area (Å²) >= 11 is 0. The first-order valence-corrected chi connectivity index (χ1v) is 6.93. The van der Waals surface area contributed by atoms with Gasteiger partial charge >= 0.3 is 0 Å². The molecule has 0 atom stereocenters. The van der Waals surface area contributed by atoms with Crippen LogP contribution in [0.5, 0.6) is 0 Å². The second kappa shape index (κ2) is 8.14. The molecule has 0 aromatic heterocycles. The third-order valence-electron chi connectivity index (χ3n) is 3.10. The molecular weight excluding hydrogens is 272 g/mol. The fourth-order valence-electron chi connectivity index (χ4n) is 1.94. The van der Waals surface area contributed by atoms with Gasteiger partial charge in [-0.25, -0.2) is 0 Å². The lowest BCUT2D eigenvalue weighted by Crippen LogP contribution is -2.21. The van der Waals surface area contributed by atoms with E-state index >= 15 is 0 Å². The molecule has 2 rings (SSSR count). The van der Waals surface area contributed by atoms with Crippen molar-refractivity contribution in [2.75, 3.05) is 0 Å². The predicted molar refractivity (Wildman–Crippen MR) is 84.8 cm³/mol. The monoisotopic (exact) mass is 288 g/mol. The summed E-state index contributed by atoms with van der Waals surface area (Å²) < 4.78 is 0. The van der Waals surface area contributed by atoms with Crippen molar-refractivity contribution in [3.05, 3.63) is 83.2 Å². The van der Waals surface area contributed by atoms with Gasteiger partial charge in [-0.05, 0) is 11.1 Å². The summed E-state index contributed by atoms with van der Waals surface area (Å²) in [5, 5.41) is 24.5. The maximum atomic E-state index is 9.24. The lowest BCUT2D eigenvalue weighted by atomic mass is 10.2. The lowest BCUT2D eigenvalue weighted by molar-refractivity contribution is 0.774. The molecule has 0 amide bonds. The van der Waals surface area contributed by atoms with Crippen LogP contribution in [0.2, 0.25) is 0 Å². The molecule has 4 heteroatoms. The van der Waals surface area contributed by atoms with E-state index in [0.717, 1.165) is 11.1 Å². The van der Waals surface area contributed by atoms with E-state index in [2.05, 4.69) is 10.6 Å². The molecule has 0 radical (unpaired) electrons. The van der Waals surface area contributed by atoms with Gasteiger partial charge in [-0.15, -0.1) is 0 Å². The van der Waals surface area contributed by atoms with E-state index in [1.165, 1.54) is 0 Å². The molecule has 0 spiro atoms. The summed E-state index contributed by atoms with van der Waals surface area (Å²) in [5.74, 6) is 0. The molecule has 0 fully saturated rings. The average molecular weight is 288 g/mol. The van der Waals surface area contributed by atoms with Crippen LogP contribution in [-0.2, 0) is 13.1 Å². The first-order valence-electron chi connectivity index (χ1n) is 6.93. The van der Waals surface area contributed by atoms with Crippen LogP contribution < -0.4 is 10.6 Å². The highest BCUT2D eigenvalue weighted by Crippen LogP contribution is 2.04. The van der Waals surface area contributed by atoms with Crippen LogP contribution >= 0.6 is 0 Å². The number of benzene rings is 2. The highest BCUT2D eigenvalue weighted by molar-refractivity contribution is 5.35. The molecule has 0 saturated carbocycles. The number of allylic oxidation sites excluding steroid dienone is 2. The molecule has 108 valence electrons. The van der Waals surface area contributed by atoms with Crippen LogP contribution in [0, 0.1) is 22.7 Å². The SMILES string of the molecule is N#C/C(NCc1ccccc1)=C(/C#N)NCc1ccccc1. The zero-order valence-electron chi connectivity index (χ0n) is 12.1. The maximum absolute atomic E-state index is 9.24. The van der Waals surface area contributed by atoms with Crippen LogP contribution in [0.25, 0.3) is 0 Å². The molecule has 4 nitrogen and oxygen atoms in total. The standard InChI is InChI=1S/C18H16N4/c19-11-17(21-13-15-7-3-1-4-8-15)18(12-20)22-14-16-9-5-2-6-10-16/h1-10,21-22H,13-14H2/b18-17+. The van der Waals surface area contributed by atoms with Gasteiger partial charge in [0.2, 0.25) is 0 Å². The van der Waals surface area contributed by atoms with Crippen LogP contribution in [0.3, 0.4) is 0 Å². The molecule has 2 aromatic carbocycles. The number of nitrogens with one attached hydrogen (secondary N) is 2. The minimum Gasteiger partial charge on any atom is -0.370 e. The molecule has 2 N–H and O–H groups in total. The zero-order chi connectivity index (χ0) is 15.6. The molecule has 0 unspecified atom stereocenters. The van der Waals surface area contributed by atoms with Gasteiger partial charge in [0.25, 0.3) is 0 Å². The van der Waals surface area contributed by atoms with Gasteiger partial charge in [0, 0.05) is 13.1 Å². The summed E-state index contributed by atoms with van der Waals surface area (Å²) in [5.41, 5.74) is 2.61. The molecular formula is C18H16N4. The minimum atomic E-state index is 0.252. The largest absolute Gasteiger partial charge is 0.370 e. The van der Waals surface area contributed by atoms with E-state index < -0.39 is 0 Å². The van der Waals surface area contributed by atoms with Crippen molar-refractivity contribution in [2.24, 2.45) is 0 Å². The molecule has 0 bridgehead atoms. The topological polar surface area (TPSA) is 71.6 Å². The Balaban J connectivity index is 2.02. The second-order valence-electron chi connectivity index (χ2n) is 4.65. The van der Waals surface area contributed by atoms with Crippen LogP contribution in [-0.4, -0.2) is 0 Å². The molecule has 2 aromatic rings. The number of nitrogens with zero attached hydrogens (tertiary/aromatic N) is 2. The fraction of sp³-hybridized carbons (Fsp3) is 0.111. The third-order valence-corrected chi connectivity index (χ3v) is 3.10. The Labute approximate surface area is 130 Å². The van der Waals surface area contributed by atoms with Crippen LogP contribution in [0.1, 0.15) is 11.1 Å². The summed E-state index contributed by atoms with van der Waals surface area (Å²) in [6, 6.07) is 23.6. The van der Waals surface area contributed by atoms with E-state index in [0.29, 0.717) is 13.1 Å². The Morgan fingerprint density at radius 3 is 1.36 bits per heavy atom. The molecule has 22 heavy (non-hydrogen) atoms. The summed E-state index contributed by atoms with van der Waals surface area (Å²) in [7, 11) is 0. The number of rotatable bonds is 6. The smallest absolute Gasteiger partial charge is 0.148 e. The number of nitriles is 2. The van der Waals surface area contributed by atoms with Gasteiger partial charge in [0.15, 0.2) is 0 Å². The van der Waals surface area contributed by atoms with E-state index in [1.54, 1.807) is 0 Å². The molecule has 0 saturated heterocycles. The Morgan fingerprint density at radius 2 is 1.05 bits per heavy atom. The van der Waals surface area contributed by atoms with Crippen molar-refractivity contribution < 1.29 is 0 Å². The average Bonchev–Trinajstić information content (AvgIpc) is 2.59. The Kier molecular flexibility index (Phi) is 5.61. The fourth-order valence-corrected chi connectivity index (χ4v) is 1.94. The highest BCUT2D eigenvalue weighted by atomic mass is 15.0. The second-order valence-corrected chi connectivity index (χ2v) is 4.65. The quantitative estimate of drug-likeness (QED) is 0.802. The van der Waals surface area contributed by atoms with E-state index in [9.17, 15) is 10.5 Å². The Hall–Kier alpha value is -3.24. The van der Waals surface area contributed by atoms with Crippen molar-refractivity contribution in [1.82, 2.24) is 10.6 Å². The van der Waals surface area contributed by atoms with Gasteiger partial charge in [-0.1, -0.05) is 60.7 Å². The first-order chi connectivity index (χ1) is 10.8. The van der Waals surface area contributed by atoms with E-state index in [4.69, 9.17) is 0 Å². The van der Waals surface area contributed by atoms with Crippen LogP contribution in [0.15, 0.2) is 72.1 Å². The molecule has 0 heterocycles. The summed E-state index contributed by atoms with van der Waals surface area (Å²) in [6.07, 6.45) is 0. The maximum Gasteiger partial charge on any atom is 0.148 e. The van der Waals surface area contributed by atoms with Gasteiger partial charge in [0.1, 0.15) is 23.5 Å². The van der Waals surface area contributed by atoms with Crippen LogP contribution in [0.4, 0.5) is 0 Å². The van der Waals surface area contributed by atoms with Crippen molar-refractivity contribution in [1.29, 1.82) is 10.5 Å². The number of hydrogen-bond donors (Lipinski definition) is 2. The third kappa shape index (κ3) is 4.40. The molecule has 0 aliphatic rings. The number of hydrogen-bond acceptors (Lipinski definition) is 4. The van der Waals surface area contributed by atoms with Gasteiger partial charge in [-0.3, -0.25) is 0 Å². The Morgan fingerprint density at radius 1 is 0.682 bits per heavy atom. The summed E-state index contributed by atoms with van der Waals surface area (Å²) in [4.78, 5) is 0. The van der Waals surface area contributed by atoms with E-state index in [1.807, 2.05) is 72.8 Å². The summed E-state index contributed by atoms with van der Waals surface area (Å²) in [6.45, 7) is 1.00. The van der Waals surface area contributed by atoms with Crippen molar-refractivity contribution in [3.63, 3.8) is 0 Å². The normalized spacial score (nSPS) is 10.8. The first kappa shape index (κ1) is 15.2. The lowest BCUT2D eigenvalue weighted by Gasteiger charge is -2.09. The predicted octanol–water partition coefficient (Wildman–Crippen LogP) is 2.82. The van der Waals surface area contributed by atoms with Gasteiger partial charge in [0.05, 0.1) is 0 Å². The highest BCUT2D eigenvalue weighted by Gasteiger charge is 2.06. The minimum absolute atomic E-state index is 0.252. The van der Waals surface area contributed by atoms with Crippen molar-refractivity contribution in [3.8, 4) is 12.1 Å². The molecule has 0 aliphatic heterocycles. The van der Waals surface area contributed by atoms with Crippen molar-refractivity contribution in [2.45, 2.75) is 13.1 Å². The van der Waals surface area contributed by atoms with E-state index in [-0.39, 0.29) is 11.4 Å². The van der Waals surface area contributed by atoms with Gasteiger partial charge < -0.3 is 10.6 Å². The zero-order valence-corrected chi connectivity index (χ0v) is 12.1. The van der Waals surface area contributed by atoms with Crippen molar-refractivity contribution >= 4 is 0 Å².